The number of nitrogens with zero attached hydrogens (tertiary/aromatic N) is 4. The number of methoxy groups -OCH3 is 1. The van der Waals surface area contributed by atoms with Gasteiger partial charge in [0.15, 0.2) is 5.82 Å². The maximum Gasteiger partial charge on any atom is 0.321 e. The molecule has 1 aromatic carbocycles. The largest absolute Gasteiger partial charge is 0.467 e. The second kappa shape index (κ2) is 7.75. The molecule has 0 radical (unpaired) electrons. The van der Waals surface area contributed by atoms with E-state index >= 15 is 0 Å². The molecular formula is C16H21N5O3S. The van der Waals surface area contributed by atoms with Crippen molar-refractivity contribution in [3.63, 3.8) is 0 Å². The van der Waals surface area contributed by atoms with Crippen molar-refractivity contribution in [1.29, 1.82) is 0 Å². The third kappa shape index (κ3) is 4.43. The smallest absolute Gasteiger partial charge is 0.321 e. The molecule has 0 saturated carbocycles. The van der Waals surface area contributed by atoms with Gasteiger partial charge in [-0.2, -0.15) is 15.0 Å². The van der Waals surface area contributed by atoms with Gasteiger partial charge in [0.25, 0.3) is 0 Å². The van der Waals surface area contributed by atoms with Crippen LogP contribution in [0.25, 0.3) is 0 Å². The lowest BCUT2D eigenvalue weighted by Crippen LogP contribution is -2.32. The fourth-order valence-electron chi connectivity index (χ4n) is 2.63. The first kappa shape index (κ1) is 17.6. The van der Waals surface area contributed by atoms with Crippen molar-refractivity contribution in [2.45, 2.75) is 30.7 Å². The van der Waals surface area contributed by atoms with Gasteiger partial charge in [-0.05, 0) is 31.4 Å². The van der Waals surface area contributed by atoms with Gasteiger partial charge in [-0.15, -0.1) is 0 Å². The van der Waals surface area contributed by atoms with Crippen LogP contribution in [-0.2, 0) is 16.6 Å². The Hall–Kier alpha value is -2.26. The average molecular weight is 363 g/mol. The lowest BCUT2D eigenvalue weighted by molar-refractivity contribution is 0.374. The third-order valence-corrected chi connectivity index (χ3v) is 5.36. The zero-order valence-electron chi connectivity index (χ0n) is 14.1. The fourth-order valence-corrected chi connectivity index (χ4v) is 3.64. The van der Waals surface area contributed by atoms with Gasteiger partial charge in [0.2, 0.25) is 16.0 Å². The molecule has 0 bridgehead atoms. The van der Waals surface area contributed by atoms with E-state index in [1.165, 1.54) is 25.7 Å². The number of hydrogen-bond acceptors (Lipinski definition) is 7. The van der Waals surface area contributed by atoms with Crippen LogP contribution in [0, 0.1) is 0 Å². The molecule has 134 valence electrons. The highest BCUT2D eigenvalue weighted by Crippen LogP contribution is 2.18. The lowest BCUT2D eigenvalue weighted by atomic mass is 10.1. The van der Waals surface area contributed by atoms with Gasteiger partial charge < -0.3 is 9.64 Å². The number of nitrogens with one attached hydrogen (secondary N) is 1. The molecule has 9 heteroatoms. The first-order valence-corrected chi connectivity index (χ1v) is 9.65. The molecular weight excluding hydrogens is 342 g/mol. The standard InChI is InChI=1S/C16H21N5O3S/c1-24-16-19-14(18-15(20-16)21-10-6-3-7-11-21)12-17-25(22,23)13-8-4-2-5-9-13/h2,4-5,8-9,17H,3,6-7,10-12H2,1H3. The van der Waals surface area contributed by atoms with Gasteiger partial charge in [-0.3, -0.25) is 0 Å². The van der Waals surface area contributed by atoms with Gasteiger partial charge in [-0.25, -0.2) is 13.1 Å². The molecule has 25 heavy (non-hydrogen) atoms. The highest BCUT2D eigenvalue weighted by molar-refractivity contribution is 7.89. The highest BCUT2D eigenvalue weighted by Gasteiger charge is 2.18. The number of ether oxygens (including phenoxy) is 1. The molecule has 0 atom stereocenters. The summed E-state index contributed by atoms with van der Waals surface area (Å²) in [4.78, 5) is 15.1. The van der Waals surface area contributed by atoms with Crippen LogP contribution in [0.2, 0.25) is 0 Å². The highest BCUT2D eigenvalue weighted by atomic mass is 32.2. The Bertz CT molecular complexity index is 808. The molecule has 0 amide bonds. The van der Waals surface area contributed by atoms with Crippen LogP contribution in [0.1, 0.15) is 25.1 Å². The predicted octanol–water partition coefficient (Wildman–Crippen LogP) is 1.35. The van der Waals surface area contributed by atoms with Gasteiger partial charge in [0.1, 0.15) is 0 Å². The normalized spacial score (nSPS) is 15.2. The zero-order valence-corrected chi connectivity index (χ0v) is 14.9. The van der Waals surface area contributed by atoms with Crippen molar-refractivity contribution >= 4 is 16.0 Å². The molecule has 2 heterocycles. The topological polar surface area (TPSA) is 97.3 Å². The molecule has 0 spiro atoms. The van der Waals surface area contributed by atoms with E-state index in [0.29, 0.717) is 11.8 Å². The minimum atomic E-state index is -3.62. The van der Waals surface area contributed by atoms with Crippen LogP contribution >= 0.6 is 0 Å². The second-order valence-electron chi connectivity index (χ2n) is 5.72. The van der Waals surface area contributed by atoms with Crippen molar-refractivity contribution < 1.29 is 13.2 Å². The van der Waals surface area contributed by atoms with Crippen LogP contribution in [-0.4, -0.2) is 43.6 Å². The molecule has 1 aliphatic rings. The van der Waals surface area contributed by atoms with Crippen molar-refractivity contribution in [2.24, 2.45) is 0 Å². The lowest BCUT2D eigenvalue weighted by Gasteiger charge is -2.26. The van der Waals surface area contributed by atoms with Gasteiger partial charge in [0, 0.05) is 13.1 Å². The third-order valence-electron chi connectivity index (χ3n) is 3.94. The van der Waals surface area contributed by atoms with E-state index in [9.17, 15) is 8.42 Å². The zero-order chi connectivity index (χ0) is 17.7. The Morgan fingerprint density at radius 3 is 2.48 bits per heavy atom. The van der Waals surface area contributed by atoms with E-state index in [1.807, 2.05) is 0 Å². The second-order valence-corrected chi connectivity index (χ2v) is 7.49. The van der Waals surface area contributed by atoms with Crippen LogP contribution in [0.15, 0.2) is 35.2 Å². The first-order chi connectivity index (χ1) is 12.1. The van der Waals surface area contributed by atoms with Crippen LogP contribution in [0.3, 0.4) is 0 Å². The van der Waals surface area contributed by atoms with E-state index in [0.717, 1.165) is 25.9 Å². The minimum Gasteiger partial charge on any atom is -0.467 e. The summed E-state index contributed by atoms with van der Waals surface area (Å²) in [5, 5.41) is 0. The maximum atomic E-state index is 12.3. The number of piperidine rings is 1. The van der Waals surface area contributed by atoms with Gasteiger partial charge in [-0.1, -0.05) is 18.2 Å². The molecule has 3 rings (SSSR count). The Morgan fingerprint density at radius 1 is 1.08 bits per heavy atom. The van der Waals surface area contributed by atoms with E-state index in [4.69, 9.17) is 4.74 Å². The van der Waals surface area contributed by atoms with E-state index < -0.39 is 10.0 Å². The van der Waals surface area contributed by atoms with E-state index in [2.05, 4.69) is 24.6 Å². The first-order valence-electron chi connectivity index (χ1n) is 8.17. The maximum absolute atomic E-state index is 12.3. The molecule has 1 aliphatic heterocycles. The van der Waals surface area contributed by atoms with Crippen molar-refractivity contribution in [3.05, 3.63) is 36.2 Å². The monoisotopic (exact) mass is 363 g/mol. The summed E-state index contributed by atoms with van der Waals surface area (Å²) in [5.41, 5.74) is 0. The van der Waals surface area contributed by atoms with Gasteiger partial charge >= 0.3 is 6.01 Å². The predicted molar refractivity (Wildman–Crippen MR) is 92.9 cm³/mol. The summed E-state index contributed by atoms with van der Waals surface area (Å²) in [6.45, 7) is 1.72. The molecule has 1 aromatic heterocycles. The molecule has 0 unspecified atom stereocenters. The molecule has 0 aliphatic carbocycles. The molecule has 1 saturated heterocycles. The van der Waals surface area contributed by atoms with Crippen LogP contribution in [0.4, 0.5) is 5.95 Å². The Kier molecular flexibility index (Phi) is 5.44. The van der Waals surface area contributed by atoms with Crippen LogP contribution < -0.4 is 14.4 Å². The quantitative estimate of drug-likeness (QED) is 0.827. The summed E-state index contributed by atoms with van der Waals surface area (Å²) in [6.07, 6.45) is 3.37. The van der Waals surface area contributed by atoms with Crippen molar-refractivity contribution in [3.8, 4) is 6.01 Å². The van der Waals surface area contributed by atoms with Crippen molar-refractivity contribution in [1.82, 2.24) is 19.7 Å². The van der Waals surface area contributed by atoms with E-state index in [1.54, 1.807) is 18.2 Å². The molecule has 1 fully saturated rings. The van der Waals surface area contributed by atoms with Crippen LogP contribution in [0.5, 0.6) is 6.01 Å². The molecule has 1 N–H and O–H groups in total. The summed E-state index contributed by atoms with van der Waals surface area (Å²) in [6, 6.07) is 8.37. The number of anilines is 1. The summed E-state index contributed by atoms with van der Waals surface area (Å²) >= 11 is 0. The summed E-state index contributed by atoms with van der Waals surface area (Å²) in [7, 11) is -2.14. The minimum absolute atomic E-state index is 0.0308. The van der Waals surface area contributed by atoms with Crippen molar-refractivity contribution in [2.75, 3.05) is 25.1 Å². The Labute approximate surface area is 147 Å². The number of benzene rings is 1. The number of rotatable bonds is 6. The number of hydrogen-bond donors (Lipinski definition) is 1. The fraction of sp³-hybridized carbons (Fsp3) is 0.438. The van der Waals surface area contributed by atoms with E-state index in [-0.39, 0.29) is 17.5 Å². The summed E-state index contributed by atoms with van der Waals surface area (Å²) < 4.78 is 32.3. The Morgan fingerprint density at radius 2 is 1.80 bits per heavy atom. The SMILES string of the molecule is COc1nc(CNS(=O)(=O)c2ccccc2)nc(N2CCCCC2)n1. The van der Waals surface area contributed by atoms with Gasteiger partial charge in [0.05, 0.1) is 18.6 Å². The molecule has 8 nitrogen and oxygen atoms in total. The summed E-state index contributed by atoms with van der Waals surface area (Å²) in [5.74, 6) is 0.854. The number of sulfonamides is 1. The molecule has 2 aromatic rings. The average Bonchev–Trinajstić information content (AvgIpc) is 2.67. The number of aromatic nitrogens is 3. The Balaban J connectivity index is 1.77.